The summed E-state index contributed by atoms with van der Waals surface area (Å²) >= 11 is 13.1. The summed E-state index contributed by atoms with van der Waals surface area (Å²) in [6.45, 7) is 13.0. The van der Waals surface area contributed by atoms with Gasteiger partial charge in [-0.3, -0.25) is 4.79 Å². The minimum atomic E-state index is -0.404. The highest BCUT2D eigenvalue weighted by atomic mass is 35.5. The van der Waals surface area contributed by atoms with E-state index in [0.717, 1.165) is 69.8 Å². The zero-order valence-corrected chi connectivity index (χ0v) is 28.4. The average molecular weight is 656 g/mol. The van der Waals surface area contributed by atoms with E-state index in [1.54, 1.807) is 6.07 Å². The quantitative estimate of drug-likeness (QED) is 0.139. The highest BCUT2D eigenvalue weighted by Gasteiger charge is 2.23. The molecule has 1 amide bonds. The van der Waals surface area contributed by atoms with Crippen molar-refractivity contribution >= 4 is 51.9 Å². The van der Waals surface area contributed by atoms with E-state index in [4.69, 9.17) is 32.7 Å². The Balaban J connectivity index is 1.51. The van der Waals surface area contributed by atoms with Crippen molar-refractivity contribution in [1.29, 1.82) is 0 Å². The number of rotatable bonds is 14. The minimum Gasteiger partial charge on any atom is -0.495 e. The number of halogens is 2. The molecule has 1 aromatic heterocycles. The first kappa shape index (κ1) is 34.5. The van der Waals surface area contributed by atoms with E-state index in [1.165, 1.54) is 26.1 Å². The minimum absolute atomic E-state index is 0.175. The number of carbonyl (C=O) groups excluding carboxylic acids is 1. The summed E-state index contributed by atoms with van der Waals surface area (Å²) in [5, 5.41) is 6.64. The van der Waals surface area contributed by atoms with Crippen molar-refractivity contribution in [1.82, 2.24) is 19.8 Å². The highest BCUT2D eigenvalue weighted by Crippen LogP contribution is 2.44. The van der Waals surface area contributed by atoms with Gasteiger partial charge in [-0.1, -0.05) is 68.1 Å². The molecule has 1 fully saturated rings. The number of hydrogen-bond donors (Lipinski definition) is 2. The van der Waals surface area contributed by atoms with Crippen LogP contribution in [0.1, 0.15) is 49.9 Å². The number of piperazine rings is 1. The van der Waals surface area contributed by atoms with Crippen molar-refractivity contribution < 1.29 is 14.3 Å². The number of likely N-dealkylation sites (N-methyl/N-ethyl adjacent to an activating group) is 1. The van der Waals surface area contributed by atoms with Gasteiger partial charge < -0.3 is 29.9 Å². The van der Waals surface area contributed by atoms with Gasteiger partial charge in [-0.2, -0.15) is 0 Å². The maximum atomic E-state index is 13.8. The van der Waals surface area contributed by atoms with E-state index >= 15 is 0 Å². The number of ether oxygens (including phenoxy) is 2. The predicted molar refractivity (Wildman–Crippen MR) is 184 cm³/mol. The van der Waals surface area contributed by atoms with E-state index in [-0.39, 0.29) is 15.7 Å². The summed E-state index contributed by atoms with van der Waals surface area (Å²) in [6.07, 6.45) is 6.97. The van der Waals surface area contributed by atoms with Gasteiger partial charge >= 0.3 is 0 Å². The van der Waals surface area contributed by atoms with E-state index in [0.29, 0.717) is 35.0 Å². The summed E-state index contributed by atoms with van der Waals surface area (Å²) in [7, 11) is 2.97. The Kier molecular flexibility index (Phi) is 12.9. The number of aromatic nitrogens is 2. The fourth-order valence-corrected chi connectivity index (χ4v) is 5.87. The third kappa shape index (κ3) is 8.88. The molecule has 3 aromatic rings. The van der Waals surface area contributed by atoms with Crippen LogP contribution in [0.5, 0.6) is 11.5 Å². The second-order valence-corrected chi connectivity index (χ2v) is 11.8. The van der Waals surface area contributed by atoms with E-state index in [9.17, 15) is 4.79 Å². The number of nitrogens with one attached hydrogen (secondary N) is 2. The first-order valence-corrected chi connectivity index (χ1v) is 16.3. The van der Waals surface area contributed by atoms with Gasteiger partial charge in [-0.15, -0.1) is 0 Å². The smallest absolute Gasteiger partial charge is 0.257 e. The van der Waals surface area contributed by atoms with Crippen LogP contribution < -0.4 is 20.1 Å². The molecular weight excluding hydrogens is 611 g/mol. The molecular formula is C34H44Cl2N6O3. The molecule has 0 atom stereocenters. The molecule has 4 rings (SSSR count). The number of hydrogen-bond acceptors (Lipinski definition) is 8. The van der Waals surface area contributed by atoms with Crippen LogP contribution in [0.2, 0.25) is 10.0 Å². The predicted octanol–water partition coefficient (Wildman–Crippen LogP) is 7.24. The summed E-state index contributed by atoms with van der Waals surface area (Å²) < 4.78 is 10.7. The van der Waals surface area contributed by atoms with Crippen LogP contribution in [0, 0.1) is 6.92 Å². The molecule has 1 saturated heterocycles. The zero-order valence-electron chi connectivity index (χ0n) is 26.9. The maximum absolute atomic E-state index is 13.8. The molecule has 0 spiro atoms. The van der Waals surface area contributed by atoms with Gasteiger partial charge in [0.25, 0.3) is 5.91 Å². The number of carbonyl (C=O) groups is 1. The first-order valence-electron chi connectivity index (χ1n) is 15.5. The van der Waals surface area contributed by atoms with Crippen molar-refractivity contribution in [2.45, 2.75) is 46.5 Å². The molecule has 2 aromatic carbocycles. The summed E-state index contributed by atoms with van der Waals surface area (Å²) in [5.74, 6) is 0.874. The van der Waals surface area contributed by atoms with Gasteiger partial charge in [0.05, 0.1) is 31.2 Å². The van der Waals surface area contributed by atoms with Gasteiger partial charge in [-0.25, -0.2) is 9.97 Å². The number of methoxy groups -OCH3 is 2. The molecule has 2 N–H and O–H groups in total. The highest BCUT2D eigenvalue weighted by molar-refractivity contribution is 6.42. The van der Waals surface area contributed by atoms with Crippen LogP contribution in [0.15, 0.2) is 42.7 Å². The molecule has 2 heterocycles. The van der Waals surface area contributed by atoms with Crippen molar-refractivity contribution in [3.63, 3.8) is 0 Å². The van der Waals surface area contributed by atoms with E-state index in [2.05, 4.69) is 68.5 Å². The Morgan fingerprint density at radius 1 is 0.978 bits per heavy atom. The molecule has 242 valence electrons. The monoisotopic (exact) mass is 654 g/mol. The molecule has 0 radical (unpaired) electrons. The van der Waals surface area contributed by atoms with Gasteiger partial charge in [0.1, 0.15) is 33.7 Å². The van der Waals surface area contributed by atoms with Gasteiger partial charge in [0, 0.05) is 50.0 Å². The molecule has 0 bridgehead atoms. The molecule has 1 aliphatic rings. The first-order chi connectivity index (χ1) is 21.8. The maximum Gasteiger partial charge on any atom is 0.257 e. The Labute approximate surface area is 276 Å². The normalized spacial score (nSPS) is 14.3. The van der Waals surface area contributed by atoms with Crippen LogP contribution in [0.3, 0.4) is 0 Å². The van der Waals surface area contributed by atoms with Crippen molar-refractivity contribution in [3.05, 3.63) is 69.6 Å². The third-order valence-electron chi connectivity index (χ3n) is 8.15. The van der Waals surface area contributed by atoms with Crippen molar-refractivity contribution in [2.24, 2.45) is 0 Å². The van der Waals surface area contributed by atoms with Crippen LogP contribution in [0.25, 0.3) is 5.57 Å². The number of amides is 1. The lowest BCUT2D eigenvalue weighted by atomic mass is 10.0. The Hall–Kier alpha value is -3.37. The van der Waals surface area contributed by atoms with Crippen LogP contribution in [0.4, 0.5) is 17.2 Å². The Morgan fingerprint density at radius 3 is 2.22 bits per heavy atom. The number of anilines is 3. The molecule has 45 heavy (non-hydrogen) atoms. The molecule has 0 saturated carbocycles. The molecule has 0 unspecified atom stereocenters. The molecule has 9 nitrogen and oxygen atoms in total. The number of benzene rings is 2. The van der Waals surface area contributed by atoms with Crippen LogP contribution in [-0.4, -0.2) is 79.2 Å². The number of allylic oxidation sites excluding steroid dienone is 1. The zero-order chi connectivity index (χ0) is 32.3. The fraction of sp³-hybridized carbons (Fsp3) is 0.441. The molecule has 11 heteroatoms. The van der Waals surface area contributed by atoms with Gasteiger partial charge in [0.15, 0.2) is 0 Å². The lowest BCUT2D eigenvalue weighted by Crippen LogP contribution is -2.46. The lowest BCUT2D eigenvalue weighted by Gasteiger charge is -2.34. The van der Waals surface area contributed by atoms with Crippen molar-refractivity contribution in [3.8, 4) is 11.5 Å². The van der Waals surface area contributed by atoms with Crippen LogP contribution in [-0.2, 0) is 11.2 Å². The Morgan fingerprint density at radius 2 is 1.62 bits per heavy atom. The molecule has 0 aliphatic carbocycles. The van der Waals surface area contributed by atoms with Crippen molar-refractivity contribution in [2.75, 3.05) is 64.1 Å². The largest absolute Gasteiger partial charge is 0.495 e. The SMILES string of the molecule is CCCC/C=C(/C(=O)Nc1c(Cl)c(OC)cc(OC)c1Cl)c1ncnc(Nc2ccc(CCN3CCN(CC)CC3)cc2)c1C. The number of nitrogens with zero attached hydrogens (tertiary/aromatic N) is 4. The Bertz CT molecular complexity index is 1450. The standard InChI is InChI=1S/C34H44Cl2N6O3/c1-6-8-9-10-26(34(43)40-32-29(35)27(44-4)21-28(45-5)30(32)36)31-23(3)33(38-22-37-31)39-25-13-11-24(12-14-25)15-16-42-19-17-41(7-2)18-20-42/h10-14,21-22H,6-9,15-20H2,1-5H3,(H,40,43)(H,37,38,39)/b26-10+. The third-order valence-corrected chi connectivity index (χ3v) is 8.90. The average Bonchev–Trinajstić information content (AvgIpc) is 3.06. The van der Waals surface area contributed by atoms with Crippen LogP contribution >= 0.6 is 23.2 Å². The molecule has 1 aliphatic heterocycles. The lowest BCUT2D eigenvalue weighted by molar-refractivity contribution is -0.111. The fourth-order valence-electron chi connectivity index (χ4n) is 5.28. The van der Waals surface area contributed by atoms with Gasteiger partial charge in [-0.05, 0) is 44.0 Å². The topological polar surface area (TPSA) is 91.8 Å². The second kappa shape index (κ2) is 16.8. The second-order valence-electron chi connectivity index (χ2n) is 11.0. The van der Waals surface area contributed by atoms with E-state index in [1.807, 2.05) is 13.0 Å². The van der Waals surface area contributed by atoms with Gasteiger partial charge in [0.2, 0.25) is 0 Å². The van der Waals surface area contributed by atoms with E-state index < -0.39 is 5.91 Å². The number of unbranched alkanes of at least 4 members (excludes halogenated alkanes) is 2. The summed E-state index contributed by atoms with van der Waals surface area (Å²) in [6, 6.07) is 10.0. The summed E-state index contributed by atoms with van der Waals surface area (Å²) in [4.78, 5) is 27.9. The summed E-state index contributed by atoms with van der Waals surface area (Å²) in [5.41, 5.74) is 4.06.